The second-order valence-corrected chi connectivity index (χ2v) is 7.09. The van der Waals surface area contributed by atoms with Gasteiger partial charge in [0.2, 0.25) is 5.88 Å². The summed E-state index contributed by atoms with van der Waals surface area (Å²) in [5.41, 5.74) is 2.14. The van der Waals surface area contributed by atoms with E-state index < -0.39 is 0 Å². The number of nitrogens with zero attached hydrogens (tertiary/aromatic N) is 5. The first-order chi connectivity index (χ1) is 13.5. The minimum absolute atomic E-state index is 0.000406. The lowest BCUT2D eigenvalue weighted by Crippen LogP contribution is -2.48. The Morgan fingerprint density at radius 2 is 2.25 bits per heavy atom. The van der Waals surface area contributed by atoms with E-state index in [1.54, 1.807) is 4.68 Å². The van der Waals surface area contributed by atoms with E-state index in [4.69, 9.17) is 14.5 Å². The first-order valence-electron chi connectivity index (χ1n) is 9.80. The van der Waals surface area contributed by atoms with Crippen LogP contribution >= 0.6 is 0 Å². The van der Waals surface area contributed by atoms with Crippen LogP contribution in [0, 0.1) is 0 Å². The lowest BCUT2D eigenvalue weighted by Gasteiger charge is -2.34. The molecule has 0 bridgehead atoms. The van der Waals surface area contributed by atoms with Crippen LogP contribution in [0.5, 0.6) is 5.88 Å². The molecule has 152 valence electrons. The quantitative estimate of drug-likeness (QED) is 0.605. The van der Waals surface area contributed by atoms with E-state index in [1.807, 2.05) is 51.6 Å². The first-order valence-corrected chi connectivity index (χ1v) is 9.80. The minimum Gasteiger partial charge on any atom is -0.475 e. The summed E-state index contributed by atoms with van der Waals surface area (Å²) in [7, 11) is 1.92. The smallest absolute Gasteiger partial charge is 0.213 e. The van der Waals surface area contributed by atoms with Crippen LogP contribution in [0.2, 0.25) is 0 Å². The van der Waals surface area contributed by atoms with E-state index in [-0.39, 0.29) is 12.2 Å². The fourth-order valence-electron chi connectivity index (χ4n) is 3.06. The van der Waals surface area contributed by atoms with Gasteiger partial charge in [0.15, 0.2) is 5.96 Å². The molecule has 8 nitrogen and oxygen atoms in total. The van der Waals surface area contributed by atoms with Gasteiger partial charge in [-0.05, 0) is 26.3 Å². The zero-order chi connectivity index (χ0) is 19.9. The molecule has 28 heavy (non-hydrogen) atoms. The second kappa shape index (κ2) is 9.54. The number of nitrogens with one attached hydrogen (secondary N) is 1. The predicted molar refractivity (Wildman–Crippen MR) is 108 cm³/mol. The van der Waals surface area contributed by atoms with Gasteiger partial charge in [-0.25, -0.2) is 9.98 Å². The molecule has 2 aromatic rings. The van der Waals surface area contributed by atoms with Gasteiger partial charge in [-0.1, -0.05) is 6.07 Å². The maximum absolute atomic E-state index is 5.94. The van der Waals surface area contributed by atoms with Gasteiger partial charge < -0.3 is 19.7 Å². The molecule has 1 unspecified atom stereocenters. The van der Waals surface area contributed by atoms with Gasteiger partial charge in [0, 0.05) is 44.2 Å². The van der Waals surface area contributed by atoms with Crippen molar-refractivity contribution in [1.82, 2.24) is 25.0 Å². The van der Waals surface area contributed by atoms with Gasteiger partial charge in [-0.2, -0.15) is 5.10 Å². The predicted octanol–water partition coefficient (Wildman–Crippen LogP) is 2.14. The lowest BCUT2D eigenvalue weighted by molar-refractivity contribution is -0.00805. The molecule has 0 aromatic carbocycles. The minimum atomic E-state index is 0.000406. The number of morpholine rings is 1. The fourth-order valence-corrected chi connectivity index (χ4v) is 3.06. The van der Waals surface area contributed by atoms with Crippen molar-refractivity contribution in [2.45, 2.75) is 39.5 Å². The fraction of sp³-hybridized carbons (Fsp3) is 0.550. The Hall–Kier alpha value is -2.61. The van der Waals surface area contributed by atoms with Gasteiger partial charge in [0.05, 0.1) is 32.0 Å². The number of rotatable bonds is 6. The van der Waals surface area contributed by atoms with E-state index in [0.29, 0.717) is 19.0 Å². The Bertz CT molecular complexity index is 771. The van der Waals surface area contributed by atoms with Crippen LogP contribution in [-0.4, -0.2) is 58.0 Å². The number of aryl methyl sites for hydroxylation is 1. The van der Waals surface area contributed by atoms with Crippen LogP contribution in [-0.2, 0) is 18.3 Å². The van der Waals surface area contributed by atoms with Crippen molar-refractivity contribution in [3.05, 3.63) is 41.9 Å². The summed E-state index contributed by atoms with van der Waals surface area (Å²) in [6, 6.07) is 3.90. The highest BCUT2D eigenvalue weighted by Gasteiger charge is 2.25. The van der Waals surface area contributed by atoms with Gasteiger partial charge >= 0.3 is 0 Å². The molecule has 1 fully saturated rings. The highest BCUT2D eigenvalue weighted by atomic mass is 16.5. The van der Waals surface area contributed by atoms with Crippen molar-refractivity contribution in [3.63, 3.8) is 0 Å². The van der Waals surface area contributed by atoms with Gasteiger partial charge in [-0.15, -0.1) is 0 Å². The molecule has 0 spiro atoms. The number of aromatic nitrogens is 3. The zero-order valence-corrected chi connectivity index (χ0v) is 17.1. The maximum atomic E-state index is 5.94. The monoisotopic (exact) mass is 386 g/mol. The van der Waals surface area contributed by atoms with E-state index in [2.05, 4.69) is 27.2 Å². The van der Waals surface area contributed by atoms with Crippen molar-refractivity contribution >= 4 is 5.96 Å². The summed E-state index contributed by atoms with van der Waals surface area (Å²) < 4.78 is 13.3. The molecular weight excluding hydrogens is 356 g/mol. The molecule has 1 N–H and O–H groups in total. The Morgan fingerprint density at radius 3 is 2.89 bits per heavy atom. The largest absolute Gasteiger partial charge is 0.475 e. The van der Waals surface area contributed by atoms with Crippen molar-refractivity contribution in [3.8, 4) is 5.88 Å². The third-order valence-corrected chi connectivity index (χ3v) is 4.36. The Kier molecular flexibility index (Phi) is 6.86. The number of hydrogen-bond donors (Lipinski definition) is 1. The van der Waals surface area contributed by atoms with Crippen molar-refractivity contribution in [2.24, 2.45) is 12.0 Å². The normalized spacial score (nSPS) is 17.8. The third-order valence-electron chi connectivity index (χ3n) is 4.36. The van der Waals surface area contributed by atoms with Gasteiger partial charge in [-0.3, -0.25) is 4.68 Å². The number of hydrogen-bond acceptors (Lipinski definition) is 5. The Labute approximate surface area is 166 Å². The molecule has 3 rings (SSSR count). The van der Waals surface area contributed by atoms with Crippen LogP contribution in [0.25, 0.3) is 0 Å². The molecule has 0 amide bonds. The van der Waals surface area contributed by atoms with Crippen molar-refractivity contribution in [2.75, 3.05) is 26.2 Å². The standard InChI is InChI=1S/C20H30N6O2/c1-5-21-20(23-11-16-6-7-19(22-10-16)28-15(2)3)26-8-9-27-18(14-26)17-12-24-25(4)13-17/h6-7,10,12-13,15,18H,5,8-9,11,14H2,1-4H3,(H,21,23). The Balaban J connectivity index is 1.66. The summed E-state index contributed by atoms with van der Waals surface area (Å²) in [4.78, 5) is 11.4. The Morgan fingerprint density at radius 1 is 1.39 bits per heavy atom. The van der Waals surface area contributed by atoms with Crippen LogP contribution in [0.3, 0.4) is 0 Å². The summed E-state index contributed by atoms with van der Waals surface area (Å²) in [5, 5.41) is 7.65. The third kappa shape index (κ3) is 5.45. The highest BCUT2D eigenvalue weighted by molar-refractivity contribution is 5.80. The van der Waals surface area contributed by atoms with Crippen molar-refractivity contribution < 1.29 is 9.47 Å². The van der Waals surface area contributed by atoms with Gasteiger partial charge in [0.25, 0.3) is 0 Å². The molecular formula is C20H30N6O2. The molecule has 1 saturated heterocycles. The number of guanidine groups is 1. The average Bonchev–Trinajstić information content (AvgIpc) is 3.12. The first kappa shape index (κ1) is 20.1. The number of pyridine rings is 1. The van der Waals surface area contributed by atoms with Crippen LogP contribution in [0.4, 0.5) is 0 Å². The van der Waals surface area contributed by atoms with E-state index in [9.17, 15) is 0 Å². The number of aliphatic imine (C=N–C) groups is 1. The maximum Gasteiger partial charge on any atom is 0.213 e. The summed E-state index contributed by atoms with van der Waals surface area (Å²) in [6.07, 6.45) is 5.81. The summed E-state index contributed by atoms with van der Waals surface area (Å²) in [5.74, 6) is 1.53. The zero-order valence-electron chi connectivity index (χ0n) is 17.1. The molecule has 1 atom stereocenters. The molecule has 2 aromatic heterocycles. The van der Waals surface area contributed by atoms with E-state index in [0.717, 1.165) is 36.7 Å². The highest BCUT2D eigenvalue weighted by Crippen LogP contribution is 2.21. The van der Waals surface area contributed by atoms with Crippen LogP contribution < -0.4 is 10.1 Å². The molecule has 0 saturated carbocycles. The van der Waals surface area contributed by atoms with E-state index in [1.165, 1.54) is 0 Å². The molecule has 0 radical (unpaired) electrons. The molecule has 0 aliphatic carbocycles. The van der Waals surface area contributed by atoms with Crippen LogP contribution in [0.1, 0.15) is 38.0 Å². The molecule has 3 heterocycles. The average molecular weight is 387 g/mol. The summed E-state index contributed by atoms with van der Waals surface area (Å²) >= 11 is 0. The number of ether oxygens (including phenoxy) is 2. The molecule has 8 heteroatoms. The lowest BCUT2D eigenvalue weighted by atomic mass is 10.1. The van der Waals surface area contributed by atoms with Gasteiger partial charge in [0.1, 0.15) is 6.10 Å². The topological polar surface area (TPSA) is 76.8 Å². The SMILES string of the molecule is CCNC(=NCc1ccc(OC(C)C)nc1)N1CCOC(c2cnn(C)c2)C1. The second-order valence-electron chi connectivity index (χ2n) is 7.09. The van der Waals surface area contributed by atoms with E-state index >= 15 is 0 Å². The molecule has 1 aliphatic rings. The summed E-state index contributed by atoms with van der Waals surface area (Å²) in [6.45, 7) is 9.65. The molecule has 1 aliphatic heterocycles. The van der Waals surface area contributed by atoms with Crippen molar-refractivity contribution in [1.29, 1.82) is 0 Å². The van der Waals surface area contributed by atoms with Crippen LogP contribution in [0.15, 0.2) is 35.7 Å².